The van der Waals surface area contributed by atoms with Gasteiger partial charge in [0, 0.05) is 12.6 Å². The lowest BCUT2D eigenvalue weighted by atomic mass is 10.1. The number of amides is 1. The molecule has 0 unspecified atom stereocenters. The number of carbonyl (C=O) groups is 1. The Labute approximate surface area is 212 Å². The summed E-state index contributed by atoms with van der Waals surface area (Å²) in [4.78, 5) is 12.4. The Morgan fingerprint density at radius 3 is 2.18 bits per heavy atom. The summed E-state index contributed by atoms with van der Waals surface area (Å²) < 4.78 is 7.86. The summed E-state index contributed by atoms with van der Waals surface area (Å²) in [7, 11) is 0. The first-order chi connectivity index (χ1) is 16.6. The average molecular weight is 488 g/mol. The second kappa shape index (κ2) is 17.4. The predicted molar refractivity (Wildman–Crippen MR) is 142 cm³/mol. The van der Waals surface area contributed by atoms with Crippen molar-refractivity contribution in [2.24, 2.45) is 0 Å². The SMILES string of the molecule is CCCCCCCCCCCCCCOc1ccc(CNC(=O)c2ccc[n+](CC)c2)cc1Cl. The standard InChI is InChI=1S/C29H43ClN2O2/c1-3-5-6-7-8-9-10-11-12-13-14-15-21-34-28-19-18-25(22-27(28)30)23-31-29(33)26-17-16-20-32(4-2)24-26/h16-20,22,24H,3-15,21,23H2,1-2H3/p+1. The van der Waals surface area contributed by atoms with Crippen molar-refractivity contribution in [2.75, 3.05) is 6.61 Å². The van der Waals surface area contributed by atoms with Gasteiger partial charge in [0.2, 0.25) is 0 Å². The van der Waals surface area contributed by atoms with E-state index in [4.69, 9.17) is 16.3 Å². The molecule has 0 atom stereocenters. The molecule has 1 amide bonds. The van der Waals surface area contributed by atoms with Crippen LogP contribution in [-0.2, 0) is 13.1 Å². The van der Waals surface area contributed by atoms with Crippen LogP contribution in [0.2, 0.25) is 5.02 Å². The van der Waals surface area contributed by atoms with E-state index in [1.165, 1.54) is 70.6 Å². The van der Waals surface area contributed by atoms with Gasteiger partial charge in [-0.1, -0.05) is 95.2 Å². The van der Waals surface area contributed by atoms with Crippen molar-refractivity contribution < 1.29 is 14.1 Å². The van der Waals surface area contributed by atoms with Crippen molar-refractivity contribution in [3.8, 4) is 5.75 Å². The van der Waals surface area contributed by atoms with Crippen LogP contribution in [0, 0.1) is 0 Å². The van der Waals surface area contributed by atoms with E-state index < -0.39 is 0 Å². The van der Waals surface area contributed by atoms with Gasteiger partial charge in [0.05, 0.1) is 11.6 Å². The van der Waals surface area contributed by atoms with Crippen LogP contribution in [0.4, 0.5) is 0 Å². The topological polar surface area (TPSA) is 42.2 Å². The third-order valence-electron chi connectivity index (χ3n) is 6.19. The maximum atomic E-state index is 12.4. The third-order valence-corrected chi connectivity index (χ3v) is 6.49. The summed E-state index contributed by atoms with van der Waals surface area (Å²) in [5, 5.41) is 3.55. The van der Waals surface area contributed by atoms with Crippen LogP contribution in [-0.4, -0.2) is 12.5 Å². The van der Waals surface area contributed by atoms with E-state index in [-0.39, 0.29) is 5.91 Å². The number of halogens is 1. The van der Waals surface area contributed by atoms with Gasteiger partial charge in [0.25, 0.3) is 5.91 Å². The number of benzene rings is 1. The fourth-order valence-corrected chi connectivity index (χ4v) is 4.29. The number of ether oxygens (including phenoxy) is 1. The highest BCUT2D eigenvalue weighted by Crippen LogP contribution is 2.26. The quantitative estimate of drug-likeness (QED) is 0.173. The molecule has 0 aliphatic heterocycles. The maximum absolute atomic E-state index is 12.4. The summed E-state index contributed by atoms with van der Waals surface area (Å²) in [6.07, 6.45) is 19.8. The molecule has 1 N–H and O–H groups in total. The molecule has 5 heteroatoms. The molecule has 0 aliphatic rings. The van der Waals surface area contributed by atoms with E-state index in [2.05, 4.69) is 12.2 Å². The highest BCUT2D eigenvalue weighted by atomic mass is 35.5. The largest absolute Gasteiger partial charge is 0.492 e. The molecule has 0 saturated heterocycles. The maximum Gasteiger partial charge on any atom is 0.257 e. The molecule has 0 saturated carbocycles. The zero-order chi connectivity index (χ0) is 24.4. The molecule has 0 aliphatic carbocycles. The number of nitrogens with one attached hydrogen (secondary N) is 1. The van der Waals surface area contributed by atoms with E-state index in [9.17, 15) is 4.79 Å². The minimum atomic E-state index is -0.0915. The highest BCUT2D eigenvalue weighted by molar-refractivity contribution is 6.32. The number of pyridine rings is 1. The molecule has 0 radical (unpaired) electrons. The molecule has 1 aromatic heterocycles. The number of nitrogens with zero attached hydrogens (tertiary/aromatic N) is 1. The molecule has 2 aromatic rings. The molecule has 4 nitrogen and oxygen atoms in total. The Morgan fingerprint density at radius 1 is 0.912 bits per heavy atom. The Balaban J connectivity index is 1.56. The highest BCUT2D eigenvalue weighted by Gasteiger charge is 2.10. The molecule has 0 spiro atoms. The number of hydrogen-bond donors (Lipinski definition) is 1. The summed E-state index contributed by atoms with van der Waals surface area (Å²) in [6.45, 7) is 6.27. The molecule has 0 fully saturated rings. The zero-order valence-corrected chi connectivity index (χ0v) is 22.0. The van der Waals surface area contributed by atoms with Gasteiger partial charge in [-0.3, -0.25) is 4.79 Å². The van der Waals surface area contributed by atoms with Crippen molar-refractivity contribution in [1.29, 1.82) is 0 Å². The van der Waals surface area contributed by atoms with Gasteiger partial charge < -0.3 is 10.1 Å². The fourth-order valence-electron chi connectivity index (χ4n) is 4.03. The minimum absolute atomic E-state index is 0.0915. The van der Waals surface area contributed by atoms with Crippen molar-refractivity contribution in [1.82, 2.24) is 5.32 Å². The van der Waals surface area contributed by atoms with Crippen LogP contribution < -0.4 is 14.6 Å². The monoisotopic (exact) mass is 487 g/mol. The van der Waals surface area contributed by atoms with Crippen molar-refractivity contribution in [2.45, 2.75) is 104 Å². The minimum Gasteiger partial charge on any atom is -0.492 e. The second-order valence-corrected chi connectivity index (χ2v) is 9.52. The molecular formula is C29H44ClN2O2+. The lowest BCUT2D eigenvalue weighted by Gasteiger charge is -2.10. The second-order valence-electron chi connectivity index (χ2n) is 9.11. The van der Waals surface area contributed by atoms with E-state index in [0.717, 1.165) is 18.5 Å². The van der Waals surface area contributed by atoms with E-state index in [0.29, 0.717) is 29.5 Å². The fraction of sp³-hybridized carbons (Fsp3) is 0.586. The Kier molecular flexibility index (Phi) is 14.4. The van der Waals surface area contributed by atoms with Crippen LogP contribution in [0.25, 0.3) is 0 Å². The number of aryl methyl sites for hydroxylation is 1. The van der Waals surface area contributed by atoms with Gasteiger partial charge in [0.1, 0.15) is 17.9 Å². The Morgan fingerprint density at radius 2 is 1.56 bits per heavy atom. The van der Waals surface area contributed by atoms with Crippen LogP contribution >= 0.6 is 11.6 Å². The molecule has 34 heavy (non-hydrogen) atoms. The van der Waals surface area contributed by atoms with Gasteiger partial charge >= 0.3 is 0 Å². The third kappa shape index (κ3) is 11.4. The summed E-state index contributed by atoms with van der Waals surface area (Å²) in [6, 6.07) is 9.44. The van der Waals surface area contributed by atoms with Gasteiger partial charge in [-0.2, -0.15) is 0 Å². The van der Waals surface area contributed by atoms with Gasteiger partial charge in [-0.05, 0) is 37.1 Å². The number of aromatic nitrogens is 1. The van der Waals surface area contributed by atoms with Gasteiger partial charge in [-0.15, -0.1) is 0 Å². The van der Waals surface area contributed by atoms with E-state index in [1.807, 2.05) is 54.2 Å². The smallest absolute Gasteiger partial charge is 0.257 e. The first-order valence-corrected chi connectivity index (χ1v) is 13.7. The van der Waals surface area contributed by atoms with E-state index >= 15 is 0 Å². The molecule has 0 bridgehead atoms. The van der Waals surface area contributed by atoms with Crippen molar-refractivity contribution in [3.05, 3.63) is 58.9 Å². The molecule has 2 rings (SSSR count). The number of hydrogen-bond acceptors (Lipinski definition) is 2. The van der Waals surface area contributed by atoms with Crippen LogP contribution in [0.5, 0.6) is 5.75 Å². The van der Waals surface area contributed by atoms with Crippen molar-refractivity contribution >= 4 is 17.5 Å². The number of unbranched alkanes of at least 4 members (excludes halogenated alkanes) is 11. The van der Waals surface area contributed by atoms with E-state index in [1.54, 1.807) is 0 Å². The average Bonchev–Trinajstić information content (AvgIpc) is 2.86. The first-order valence-electron chi connectivity index (χ1n) is 13.3. The molecule has 1 heterocycles. The summed E-state index contributed by atoms with van der Waals surface area (Å²) in [5.41, 5.74) is 1.60. The number of carbonyl (C=O) groups excluding carboxylic acids is 1. The van der Waals surface area contributed by atoms with Gasteiger partial charge in [-0.25, -0.2) is 4.57 Å². The normalized spacial score (nSPS) is 10.9. The lowest BCUT2D eigenvalue weighted by molar-refractivity contribution is -0.693. The first kappa shape index (κ1) is 28.2. The predicted octanol–water partition coefficient (Wildman–Crippen LogP) is 7.66. The molecule has 188 valence electrons. The van der Waals surface area contributed by atoms with Crippen LogP contribution in [0.1, 0.15) is 107 Å². The van der Waals surface area contributed by atoms with Crippen LogP contribution in [0.3, 0.4) is 0 Å². The summed E-state index contributed by atoms with van der Waals surface area (Å²) >= 11 is 6.41. The zero-order valence-electron chi connectivity index (χ0n) is 21.3. The Hall–Kier alpha value is -2.07. The Bertz CT molecular complexity index is 841. The van der Waals surface area contributed by atoms with Crippen LogP contribution in [0.15, 0.2) is 42.7 Å². The molecular weight excluding hydrogens is 444 g/mol. The number of rotatable bonds is 18. The lowest BCUT2D eigenvalue weighted by Crippen LogP contribution is -2.34. The van der Waals surface area contributed by atoms with Crippen molar-refractivity contribution in [3.63, 3.8) is 0 Å². The summed E-state index contributed by atoms with van der Waals surface area (Å²) in [5.74, 6) is 0.623. The van der Waals surface area contributed by atoms with Gasteiger partial charge in [0.15, 0.2) is 12.4 Å². The molecule has 1 aromatic carbocycles.